The van der Waals surface area contributed by atoms with Gasteiger partial charge >= 0.3 is 0 Å². The lowest BCUT2D eigenvalue weighted by molar-refractivity contribution is 0.0509. The fourth-order valence-corrected chi connectivity index (χ4v) is 3.97. The van der Waals surface area contributed by atoms with Crippen molar-refractivity contribution in [3.63, 3.8) is 0 Å². The first-order valence-electron chi connectivity index (χ1n) is 4.99. The van der Waals surface area contributed by atoms with Gasteiger partial charge in [-0.25, -0.2) is 4.39 Å². The predicted octanol–water partition coefficient (Wildman–Crippen LogP) is 2.92. The van der Waals surface area contributed by atoms with Crippen molar-refractivity contribution in [1.82, 2.24) is 0 Å². The second-order valence-corrected chi connectivity index (χ2v) is 4.70. The van der Waals surface area contributed by atoms with Gasteiger partial charge < -0.3 is 0 Å². The Labute approximate surface area is 67.2 Å². The molecule has 3 saturated carbocycles. The van der Waals surface area contributed by atoms with Crippen LogP contribution in [0.3, 0.4) is 0 Å². The van der Waals surface area contributed by atoms with Crippen LogP contribution in [0.2, 0.25) is 0 Å². The number of fused-ring (bicyclic) bond motifs is 5. The summed E-state index contributed by atoms with van der Waals surface area (Å²) >= 11 is 0. The Bertz CT molecular complexity index is 189. The number of hydrogen-bond donors (Lipinski definition) is 0. The normalized spacial score (nSPS) is 60.3. The highest BCUT2D eigenvalue weighted by atomic mass is 19.1. The summed E-state index contributed by atoms with van der Waals surface area (Å²) in [6.45, 7) is 0. The van der Waals surface area contributed by atoms with Gasteiger partial charge in [0.05, 0.1) is 0 Å². The maximum absolute atomic E-state index is 14.2. The van der Waals surface area contributed by atoms with Gasteiger partial charge in [0.25, 0.3) is 0 Å². The third-order valence-corrected chi connectivity index (χ3v) is 4.41. The second kappa shape index (κ2) is 1.81. The highest BCUT2D eigenvalue weighted by molar-refractivity contribution is 5.09. The van der Waals surface area contributed by atoms with E-state index < -0.39 is 5.67 Å². The van der Waals surface area contributed by atoms with E-state index in [4.69, 9.17) is 0 Å². The first-order valence-corrected chi connectivity index (χ1v) is 4.99. The molecule has 62 valence electrons. The minimum absolute atomic E-state index is 0.472. The smallest absolute Gasteiger partial charge is 0.117 e. The summed E-state index contributed by atoms with van der Waals surface area (Å²) in [6, 6.07) is 0. The summed E-state index contributed by atoms with van der Waals surface area (Å²) in [5.41, 5.74) is -0.678. The molecule has 4 atom stereocenters. The van der Waals surface area contributed by atoms with Gasteiger partial charge in [-0.1, -0.05) is 0 Å². The van der Waals surface area contributed by atoms with Crippen LogP contribution in [-0.2, 0) is 0 Å². The highest BCUT2D eigenvalue weighted by Gasteiger charge is 2.60. The molecule has 2 unspecified atom stereocenters. The van der Waals surface area contributed by atoms with E-state index in [1.54, 1.807) is 0 Å². The molecular weight excluding hydrogens is 139 g/mol. The van der Waals surface area contributed by atoms with Gasteiger partial charge in [-0.05, 0) is 56.3 Å². The molecule has 0 spiro atoms. The zero-order valence-corrected chi connectivity index (χ0v) is 6.85. The lowest BCUT2D eigenvalue weighted by Gasteiger charge is -2.31. The standard InChI is InChI=1S/C10H15F/c11-10-5-1-2-9(10)7-3-4-8(10)6-7/h7-9H,1-6H2/t7?,8?,9-,10-/m1/s1. The van der Waals surface area contributed by atoms with Gasteiger partial charge in [0.1, 0.15) is 5.67 Å². The molecule has 0 amide bonds. The van der Waals surface area contributed by atoms with Gasteiger partial charge in [0, 0.05) is 0 Å². The summed E-state index contributed by atoms with van der Waals surface area (Å²) in [6.07, 6.45) is 6.99. The number of halogens is 1. The van der Waals surface area contributed by atoms with E-state index in [2.05, 4.69) is 0 Å². The van der Waals surface area contributed by atoms with Gasteiger partial charge in [-0.3, -0.25) is 0 Å². The van der Waals surface area contributed by atoms with Crippen molar-refractivity contribution in [1.29, 1.82) is 0 Å². The van der Waals surface area contributed by atoms with E-state index in [0.717, 1.165) is 18.8 Å². The Kier molecular flexibility index (Phi) is 1.06. The molecule has 0 aromatic carbocycles. The number of hydrogen-bond acceptors (Lipinski definition) is 0. The monoisotopic (exact) mass is 154 g/mol. The van der Waals surface area contributed by atoms with Gasteiger partial charge in [0.2, 0.25) is 0 Å². The average molecular weight is 154 g/mol. The number of rotatable bonds is 0. The van der Waals surface area contributed by atoms with Crippen molar-refractivity contribution in [2.45, 2.75) is 44.2 Å². The van der Waals surface area contributed by atoms with Gasteiger partial charge in [0.15, 0.2) is 0 Å². The predicted molar refractivity (Wildman–Crippen MR) is 42.0 cm³/mol. The van der Waals surface area contributed by atoms with Crippen LogP contribution >= 0.6 is 0 Å². The molecule has 3 aliphatic rings. The van der Waals surface area contributed by atoms with Crippen molar-refractivity contribution in [2.75, 3.05) is 0 Å². The quantitative estimate of drug-likeness (QED) is 0.503. The van der Waals surface area contributed by atoms with E-state index in [1.807, 2.05) is 0 Å². The van der Waals surface area contributed by atoms with Crippen LogP contribution in [0.1, 0.15) is 38.5 Å². The Morgan fingerprint density at radius 1 is 1.18 bits per heavy atom. The van der Waals surface area contributed by atoms with Crippen molar-refractivity contribution in [3.8, 4) is 0 Å². The van der Waals surface area contributed by atoms with Crippen molar-refractivity contribution in [2.24, 2.45) is 17.8 Å². The fourth-order valence-electron chi connectivity index (χ4n) is 3.97. The maximum atomic E-state index is 14.2. The third-order valence-electron chi connectivity index (χ3n) is 4.41. The molecular formula is C10H15F. The Morgan fingerprint density at radius 3 is 2.91 bits per heavy atom. The molecule has 0 heterocycles. The number of alkyl halides is 1. The van der Waals surface area contributed by atoms with Gasteiger partial charge in [-0.15, -0.1) is 0 Å². The summed E-state index contributed by atoms with van der Waals surface area (Å²) < 4.78 is 14.2. The second-order valence-electron chi connectivity index (χ2n) is 4.70. The Hall–Kier alpha value is -0.0700. The molecule has 3 fully saturated rings. The summed E-state index contributed by atoms with van der Waals surface area (Å²) in [5, 5.41) is 0. The van der Waals surface area contributed by atoms with E-state index in [0.29, 0.717) is 11.8 Å². The van der Waals surface area contributed by atoms with Crippen molar-refractivity contribution >= 4 is 0 Å². The third kappa shape index (κ3) is 0.612. The Balaban J connectivity index is 2.00. The van der Waals surface area contributed by atoms with E-state index in [1.165, 1.54) is 25.7 Å². The molecule has 2 bridgehead atoms. The Morgan fingerprint density at radius 2 is 2.09 bits per heavy atom. The molecule has 0 nitrogen and oxygen atoms in total. The lowest BCUT2D eigenvalue weighted by atomic mass is 9.79. The molecule has 0 aromatic rings. The molecule has 11 heavy (non-hydrogen) atoms. The molecule has 3 rings (SSSR count). The fraction of sp³-hybridized carbons (Fsp3) is 1.00. The van der Waals surface area contributed by atoms with Crippen LogP contribution < -0.4 is 0 Å². The molecule has 0 radical (unpaired) electrons. The topological polar surface area (TPSA) is 0 Å². The molecule has 0 N–H and O–H groups in total. The largest absolute Gasteiger partial charge is 0.243 e. The molecule has 0 saturated heterocycles. The average Bonchev–Trinajstić information content (AvgIpc) is 2.54. The first kappa shape index (κ1) is 6.45. The summed E-state index contributed by atoms with van der Waals surface area (Å²) in [7, 11) is 0. The lowest BCUT2D eigenvalue weighted by Crippen LogP contribution is -2.34. The zero-order chi connectivity index (χ0) is 7.47. The van der Waals surface area contributed by atoms with Crippen molar-refractivity contribution < 1.29 is 4.39 Å². The molecule has 3 aliphatic carbocycles. The van der Waals surface area contributed by atoms with E-state index in [-0.39, 0.29) is 0 Å². The van der Waals surface area contributed by atoms with Crippen LogP contribution in [0.4, 0.5) is 4.39 Å². The van der Waals surface area contributed by atoms with Crippen LogP contribution in [-0.4, -0.2) is 5.67 Å². The summed E-state index contributed by atoms with van der Waals surface area (Å²) in [4.78, 5) is 0. The summed E-state index contributed by atoms with van der Waals surface area (Å²) in [5.74, 6) is 1.74. The molecule has 0 aromatic heterocycles. The SMILES string of the molecule is F[C@@]12CCC[C@@H]1C1CCC2C1. The molecule has 0 aliphatic heterocycles. The van der Waals surface area contributed by atoms with Crippen LogP contribution in [0.5, 0.6) is 0 Å². The van der Waals surface area contributed by atoms with E-state index in [9.17, 15) is 4.39 Å². The highest BCUT2D eigenvalue weighted by Crippen LogP contribution is 2.62. The van der Waals surface area contributed by atoms with Crippen molar-refractivity contribution in [3.05, 3.63) is 0 Å². The van der Waals surface area contributed by atoms with Gasteiger partial charge in [-0.2, -0.15) is 0 Å². The maximum Gasteiger partial charge on any atom is 0.117 e. The zero-order valence-electron chi connectivity index (χ0n) is 6.85. The first-order chi connectivity index (χ1) is 5.31. The molecule has 1 heteroatoms. The van der Waals surface area contributed by atoms with Crippen LogP contribution in [0.15, 0.2) is 0 Å². The van der Waals surface area contributed by atoms with Crippen LogP contribution in [0, 0.1) is 17.8 Å². The minimum Gasteiger partial charge on any atom is -0.243 e. The van der Waals surface area contributed by atoms with E-state index >= 15 is 0 Å². The minimum atomic E-state index is -0.678. The van der Waals surface area contributed by atoms with Crippen LogP contribution in [0.25, 0.3) is 0 Å².